The number of carbonyl (C=O) groups is 1. The third-order valence-electron chi connectivity index (χ3n) is 6.04. The molecule has 4 rings (SSSR count). The number of nitrogens with one attached hydrogen (secondary N) is 1. The Morgan fingerprint density at radius 3 is 2.17 bits per heavy atom. The van der Waals surface area contributed by atoms with Gasteiger partial charge in [-0.1, -0.05) is 12.5 Å². The van der Waals surface area contributed by atoms with Crippen LogP contribution in [0.25, 0.3) is 0 Å². The second-order valence-electron chi connectivity index (χ2n) is 7.50. The molecule has 0 spiro atoms. The molecule has 3 heteroatoms. The van der Waals surface area contributed by atoms with Gasteiger partial charge in [0.05, 0.1) is 6.04 Å². The molecular weight excluding hydrogens is 284 g/mol. The van der Waals surface area contributed by atoms with Crippen molar-refractivity contribution in [1.29, 1.82) is 0 Å². The maximum Gasteiger partial charge on any atom is 0.241 e. The van der Waals surface area contributed by atoms with Crippen molar-refractivity contribution in [3.63, 3.8) is 0 Å². The van der Waals surface area contributed by atoms with Gasteiger partial charge in [-0.05, 0) is 93.6 Å². The Labute approximate surface area is 139 Å². The Morgan fingerprint density at radius 2 is 1.57 bits per heavy atom. The van der Waals surface area contributed by atoms with Gasteiger partial charge in [-0.2, -0.15) is 0 Å². The van der Waals surface area contributed by atoms with Gasteiger partial charge in [0.25, 0.3) is 0 Å². The van der Waals surface area contributed by atoms with E-state index in [0.29, 0.717) is 0 Å². The molecule has 23 heavy (non-hydrogen) atoms. The number of likely N-dealkylation sites (tertiary alicyclic amines) is 1. The fourth-order valence-electron chi connectivity index (χ4n) is 4.67. The van der Waals surface area contributed by atoms with Gasteiger partial charge in [0.15, 0.2) is 0 Å². The summed E-state index contributed by atoms with van der Waals surface area (Å²) in [7, 11) is 0. The van der Waals surface area contributed by atoms with E-state index >= 15 is 0 Å². The first-order valence-corrected chi connectivity index (χ1v) is 9.45. The van der Waals surface area contributed by atoms with Crippen LogP contribution >= 0.6 is 0 Å². The Hall–Kier alpha value is -1.35. The highest BCUT2D eigenvalue weighted by atomic mass is 16.2. The Morgan fingerprint density at radius 1 is 0.957 bits per heavy atom. The molecule has 1 fully saturated rings. The summed E-state index contributed by atoms with van der Waals surface area (Å²) in [5.74, 6) is 0.196. The molecule has 1 aromatic rings. The highest BCUT2D eigenvalue weighted by Gasteiger charge is 2.28. The van der Waals surface area contributed by atoms with Crippen molar-refractivity contribution < 1.29 is 4.79 Å². The number of piperidine rings is 1. The standard InChI is InChI=1S/C20H28N2O/c1-14(22-11-3-2-4-12-22)20(23)21-19-17-9-5-7-15(17)13-16-8-6-10-18(16)19/h13-14H,2-12H2,1H3,(H,21,23)/t14-/m1/s1. The quantitative estimate of drug-likeness (QED) is 0.927. The van der Waals surface area contributed by atoms with E-state index in [2.05, 4.69) is 23.2 Å². The van der Waals surface area contributed by atoms with Crippen LogP contribution in [0.3, 0.4) is 0 Å². The molecule has 3 nitrogen and oxygen atoms in total. The number of aryl methyl sites for hydroxylation is 2. The summed E-state index contributed by atoms with van der Waals surface area (Å²) in [6, 6.07) is 2.42. The van der Waals surface area contributed by atoms with Gasteiger partial charge in [-0.25, -0.2) is 0 Å². The maximum absolute atomic E-state index is 12.9. The van der Waals surface area contributed by atoms with Crippen LogP contribution in [0.15, 0.2) is 6.07 Å². The summed E-state index contributed by atoms with van der Waals surface area (Å²) in [6.45, 7) is 4.21. The summed E-state index contributed by atoms with van der Waals surface area (Å²) in [4.78, 5) is 15.2. The van der Waals surface area contributed by atoms with Crippen molar-refractivity contribution in [3.05, 3.63) is 28.3 Å². The van der Waals surface area contributed by atoms with Crippen molar-refractivity contribution in [2.45, 2.75) is 70.8 Å². The lowest BCUT2D eigenvalue weighted by Gasteiger charge is -2.31. The third-order valence-corrected chi connectivity index (χ3v) is 6.04. The Kier molecular flexibility index (Phi) is 4.14. The molecule has 0 bridgehead atoms. The van der Waals surface area contributed by atoms with E-state index in [1.807, 2.05) is 0 Å². The van der Waals surface area contributed by atoms with E-state index in [4.69, 9.17) is 0 Å². The number of nitrogens with zero attached hydrogens (tertiary/aromatic N) is 1. The molecule has 0 radical (unpaired) electrons. The van der Waals surface area contributed by atoms with Gasteiger partial charge in [0.2, 0.25) is 5.91 Å². The normalized spacial score (nSPS) is 21.8. The lowest BCUT2D eigenvalue weighted by Crippen LogP contribution is -2.44. The molecule has 0 saturated carbocycles. The van der Waals surface area contributed by atoms with Crippen LogP contribution in [0, 0.1) is 0 Å². The summed E-state index contributed by atoms with van der Waals surface area (Å²) in [5.41, 5.74) is 7.05. The van der Waals surface area contributed by atoms with Crippen molar-refractivity contribution in [2.24, 2.45) is 0 Å². The second kappa shape index (κ2) is 6.27. The number of benzene rings is 1. The SMILES string of the molecule is C[C@H](C(=O)Nc1c2c(cc3c1CCC3)CCC2)N1CCCCC1. The highest BCUT2D eigenvalue weighted by molar-refractivity contribution is 5.96. The molecular formula is C20H28N2O. The topological polar surface area (TPSA) is 32.3 Å². The molecule has 0 unspecified atom stereocenters. The lowest BCUT2D eigenvalue weighted by molar-refractivity contribution is -0.121. The van der Waals surface area contributed by atoms with Crippen LogP contribution in [0.1, 0.15) is 61.3 Å². The molecule has 1 aliphatic heterocycles. The number of anilines is 1. The van der Waals surface area contributed by atoms with Gasteiger partial charge in [0, 0.05) is 5.69 Å². The smallest absolute Gasteiger partial charge is 0.241 e. The zero-order chi connectivity index (χ0) is 15.8. The molecule has 1 heterocycles. The van der Waals surface area contributed by atoms with E-state index in [0.717, 1.165) is 25.9 Å². The maximum atomic E-state index is 12.9. The van der Waals surface area contributed by atoms with Gasteiger partial charge in [0.1, 0.15) is 0 Å². The van der Waals surface area contributed by atoms with Gasteiger partial charge < -0.3 is 5.32 Å². The molecule has 0 aromatic heterocycles. The number of hydrogen-bond donors (Lipinski definition) is 1. The Balaban J connectivity index is 1.58. The molecule has 2 aliphatic carbocycles. The van der Waals surface area contributed by atoms with Crippen LogP contribution in [0.4, 0.5) is 5.69 Å². The van der Waals surface area contributed by atoms with Crippen molar-refractivity contribution in [1.82, 2.24) is 4.90 Å². The van der Waals surface area contributed by atoms with Crippen LogP contribution in [-0.4, -0.2) is 29.9 Å². The molecule has 124 valence electrons. The van der Waals surface area contributed by atoms with Gasteiger partial charge in [-0.3, -0.25) is 9.69 Å². The predicted molar refractivity (Wildman–Crippen MR) is 94.0 cm³/mol. The first-order valence-electron chi connectivity index (χ1n) is 9.45. The minimum absolute atomic E-state index is 0.00962. The molecule has 3 aliphatic rings. The average molecular weight is 312 g/mol. The Bertz CT molecular complexity index is 584. The van der Waals surface area contributed by atoms with Gasteiger partial charge in [-0.15, -0.1) is 0 Å². The van der Waals surface area contributed by atoms with Crippen molar-refractivity contribution >= 4 is 11.6 Å². The summed E-state index contributed by atoms with van der Waals surface area (Å²) in [5, 5.41) is 3.36. The van der Waals surface area contributed by atoms with E-state index in [9.17, 15) is 4.79 Å². The first-order chi connectivity index (χ1) is 11.2. The minimum atomic E-state index is -0.00962. The number of amides is 1. The van der Waals surface area contributed by atoms with Crippen molar-refractivity contribution in [3.8, 4) is 0 Å². The van der Waals surface area contributed by atoms with Crippen molar-refractivity contribution in [2.75, 3.05) is 18.4 Å². The molecule has 1 atom stereocenters. The van der Waals surface area contributed by atoms with E-state index in [1.165, 1.54) is 72.9 Å². The zero-order valence-electron chi connectivity index (χ0n) is 14.3. The van der Waals surface area contributed by atoms with Crippen LogP contribution in [0.2, 0.25) is 0 Å². The fraction of sp³-hybridized carbons (Fsp3) is 0.650. The zero-order valence-corrected chi connectivity index (χ0v) is 14.3. The molecule has 1 N–H and O–H groups in total. The summed E-state index contributed by atoms with van der Waals surface area (Å²) >= 11 is 0. The number of carbonyl (C=O) groups excluding carboxylic acids is 1. The average Bonchev–Trinajstić information content (AvgIpc) is 3.23. The number of rotatable bonds is 3. The van der Waals surface area contributed by atoms with E-state index in [-0.39, 0.29) is 11.9 Å². The predicted octanol–water partition coefficient (Wildman–Crippen LogP) is 3.48. The fourth-order valence-corrected chi connectivity index (χ4v) is 4.67. The van der Waals surface area contributed by atoms with E-state index < -0.39 is 0 Å². The molecule has 1 saturated heterocycles. The summed E-state index contributed by atoms with van der Waals surface area (Å²) < 4.78 is 0. The first kappa shape index (κ1) is 15.2. The third kappa shape index (κ3) is 2.80. The molecule has 1 amide bonds. The monoisotopic (exact) mass is 312 g/mol. The number of fused-ring (bicyclic) bond motifs is 2. The van der Waals surface area contributed by atoms with Crippen LogP contribution in [0.5, 0.6) is 0 Å². The van der Waals surface area contributed by atoms with Crippen LogP contribution < -0.4 is 5.32 Å². The van der Waals surface area contributed by atoms with Gasteiger partial charge >= 0.3 is 0 Å². The largest absolute Gasteiger partial charge is 0.324 e. The minimum Gasteiger partial charge on any atom is -0.324 e. The molecule has 1 aromatic carbocycles. The second-order valence-corrected chi connectivity index (χ2v) is 7.50. The number of hydrogen-bond acceptors (Lipinski definition) is 2. The van der Waals surface area contributed by atoms with Crippen LogP contribution in [-0.2, 0) is 30.5 Å². The summed E-state index contributed by atoms with van der Waals surface area (Å²) in [6.07, 6.45) is 10.9. The highest BCUT2D eigenvalue weighted by Crippen LogP contribution is 2.38. The van der Waals surface area contributed by atoms with E-state index in [1.54, 1.807) is 0 Å². The lowest BCUT2D eigenvalue weighted by atomic mass is 9.98.